The zero-order valence-corrected chi connectivity index (χ0v) is 18.4. The van der Waals surface area contributed by atoms with Crippen LogP contribution in [0.25, 0.3) is 0 Å². The topological polar surface area (TPSA) is 49.3 Å². The van der Waals surface area contributed by atoms with Gasteiger partial charge in [-0.05, 0) is 30.0 Å². The van der Waals surface area contributed by atoms with Crippen molar-refractivity contribution in [3.05, 3.63) is 50.7 Å². The van der Waals surface area contributed by atoms with E-state index in [4.69, 9.17) is 11.6 Å². The van der Waals surface area contributed by atoms with Gasteiger partial charge in [-0.1, -0.05) is 31.5 Å². The van der Waals surface area contributed by atoms with Crippen LogP contribution in [-0.4, -0.2) is 24.5 Å². The van der Waals surface area contributed by atoms with Crippen LogP contribution in [0.3, 0.4) is 0 Å². The predicted octanol–water partition coefficient (Wildman–Crippen LogP) is 4.58. The monoisotopic (exact) mass is 496 g/mol. The fraction of sp³-hybridized carbons (Fsp3) is 0.412. The van der Waals surface area contributed by atoms with Crippen LogP contribution in [0.4, 0.5) is 4.39 Å². The Balaban J connectivity index is 0.00000312. The summed E-state index contributed by atoms with van der Waals surface area (Å²) >= 11 is 7.67. The molecule has 0 fully saturated rings. The highest BCUT2D eigenvalue weighted by Crippen LogP contribution is 2.18. The first-order valence-corrected chi connectivity index (χ1v) is 9.08. The molecule has 2 N–H and O–H groups in total. The first kappa shape index (κ1) is 22.1. The van der Waals surface area contributed by atoms with Crippen LogP contribution in [0.15, 0.2) is 28.6 Å². The second-order valence-electron chi connectivity index (χ2n) is 5.66. The minimum Gasteiger partial charge on any atom is -0.356 e. The molecular weight excluding hydrogens is 474 g/mol. The van der Waals surface area contributed by atoms with Crippen LogP contribution in [0.5, 0.6) is 0 Å². The van der Waals surface area contributed by atoms with E-state index in [0.29, 0.717) is 36.4 Å². The third-order valence-corrected chi connectivity index (χ3v) is 4.71. The maximum Gasteiger partial charge on any atom is 0.191 e. The Morgan fingerprint density at radius 3 is 2.72 bits per heavy atom. The van der Waals surface area contributed by atoms with Crippen molar-refractivity contribution in [2.75, 3.05) is 13.6 Å². The Labute approximate surface area is 174 Å². The van der Waals surface area contributed by atoms with E-state index in [1.54, 1.807) is 24.5 Å². The SMILES string of the molecule is CN=C(NCCc1ccc(F)cc1Cl)NCc1nc(C(C)C)cs1.I. The summed E-state index contributed by atoms with van der Waals surface area (Å²) in [6.07, 6.45) is 0.689. The van der Waals surface area contributed by atoms with E-state index in [1.165, 1.54) is 12.1 Å². The highest BCUT2D eigenvalue weighted by atomic mass is 127. The fourth-order valence-electron chi connectivity index (χ4n) is 2.09. The van der Waals surface area contributed by atoms with E-state index >= 15 is 0 Å². The average Bonchev–Trinajstić information content (AvgIpc) is 3.01. The molecule has 4 nitrogen and oxygen atoms in total. The van der Waals surface area contributed by atoms with Crippen LogP contribution in [-0.2, 0) is 13.0 Å². The first-order valence-electron chi connectivity index (χ1n) is 7.82. The van der Waals surface area contributed by atoms with E-state index in [2.05, 4.69) is 39.8 Å². The Kier molecular flexibility index (Phi) is 9.66. The summed E-state index contributed by atoms with van der Waals surface area (Å²) in [6, 6.07) is 4.46. The molecule has 0 saturated heterocycles. The third-order valence-electron chi connectivity index (χ3n) is 3.49. The fourth-order valence-corrected chi connectivity index (χ4v) is 3.25. The van der Waals surface area contributed by atoms with Gasteiger partial charge < -0.3 is 10.6 Å². The average molecular weight is 497 g/mol. The van der Waals surface area contributed by atoms with Crippen LogP contribution >= 0.6 is 46.9 Å². The molecule has 0 aliphatic heterocycles. The van der Waals surface area contributed by atoms with Gasteiger partial charge in [0.2, 0.25) is 0 Å². The zero-order valence-electron chi connectivity index (χ0n) is 14.5. The summed E-state index contributed by atoms with van der Waals surface area (Å²) < 4.78 is 13.0. The van der Waals surface area contributed by atoms with Gasteiger partial charge in [0.25, 0.3) is 0 Å². The lowest BCUT2D eigenvalue weighted by Crippen LogP contribution is -2.37. The summed E-state index contributed by atoms with van der Waals surface area (Å²) in [5.74, 6) is 0.820. The summed E-state index contributed by atoms with van der Waals surface area (Å²) in [4.78, 5) is 8.78. The Hall–Kier alpha value is -0.930. The quantitative estimate of drug-likeness (QED) is 0.350. The van der Waals surface area contributed by atoms with Gasteiger partial charge in [0.05, 0.1) is 12.2 Å². The lowest BCUT2D eigenvalue weighted by Gasteiger charge is -2.11. The van der Waals surface area contributed by atoms with Gasteiger partial charge in [-0.15, -0.1) is 35.3 Å². The predicted molar refractivity (Wildman–Crippen MR) is 115 cm³/mol. The van der Waals surface area contributed by atoms with Gasteiger partial charge in [0.15, 0.2) is 5.96 Å². The molecule has 8 heteroatoms. The van der Waals surface area contributed by atoms with Crippen LogP contribution in [0, 0.1) is 5.82 Å². The summed E-state index contributed by atoms with van der Waals surface area (Å²) in [7, 11) is 1.72. The molecule has 0 saturated carbocycles. The van der Waals surface area contributed by atoms with Crippen molar-refractivity contribution in [3.63, 3.8) is 0 Å². The summed E-state index contributed by atoms with van der Waals surface area (Å²) in [6.45, 7) is 5.55. The van der Waals surface area contributed by atoms with Crippen molar-refractivity contribution >= 4 is 52.9 Å². The first-order chi connectivity index (χ1) is 11.5. The number of hydrogen-bond donors (Lipinski definition) is 2. The second kappa shape index (κ2) is 10.9. The van der Waals surface area contributed by atoms with Gasteiger partial charge in [0, 0.05) is 24.0 Å². The second-order valence-corrected chi connectivity index (χ2v) is 7.01. The van der Waals surface area contributed by atoms with Gasteiger partial charge in [-0.2, -0.15) is 0 Å². The largest absolute Gasteiger partial charge is 0.356 e. The number of benzene rings is 1. The minimum absolute atomic E-state index is 0. The van der Waals surface area contributed by atoms with Crippen molar-refractivity contribution < 1.29 is 4.39 Å². The molecule has 0 aliphatic carbocycles. The van der Waals surface area contributed by atoms with Crippen molar-refractivity contribution in [3.8, 4) is 0 Å². The third kappa shape index (κ3) is 7.07. The molecule has 2 rings (SSSR count). The Bertz CT molecular complexity index is 706. The molecule has 0 atom stereocenters. The molecule has 0 unspecified atom stereocenters. The number of thiazole rings is 1. The smallest absolute Gasteiger partial charge is 0.191 e. The molecule has 0 radical (unpaired) electrons. The van der Waals surface area contributed by atoms with E-state index in [1.807, 2.05) is 0 Å². The Morgan fingerprint density at radius 2 is 2.12 bits per heavy atom. The van der Waals surface area contributed by atoms with Crippen molar-refractivity contribution in [2.24, 2.45) is 4.99 Å². The number of guanidine groups is 1. The number of nitrogens with one attached hydrogen (secondary N) is 2. The van der Waals surface area contributed by atoms with E-state index in [9.17, 15) is 4.39 Å². The molecule has 0 spiro atoms. The molecule has 2 aromatic rings. The molecule has 0 bridgehead atoms. The number of hydrogen-bond acceptors (Lipinski definition) is 3. The van der Waals surface area contributed by atoms with Crippen molar-refractivity contribution in [1.82, 2.24) is 15.6 Å². The van der Waals surface area contributed by atoms with Gasteiger partial charge in [0.1, 0.15) is 10.8 Å². The Morgan fingerprint density at radius 1 is 1.36 bits per heavy atom. The number of aliphatic imine (C=N–C) groups is 1. The maximum atomic E-state index is 13.0. The molecule has 1 aromatic heterocycles. The molecule has 0 amide bonds. The normalized spacial score (nSPS) is 11.4. The highest BCUT2D eigenvalue weighted by Gasteiger charge is 2.07. The lowest BCUT2D eigenvalue weighted by molar-refractivity contribution is 0.627. The minimum atomic E-state index is -0.321. The van der Waals surface area contributed by atoms with E-state index < -0.39 is 0 Å². The van der Waals surface area contributed by atoms with Gasteiger partial charge in [-0.25, -0.2) is 9.37 Å². The molecule has 1 aromatic carbocycles. The number of halogens is 3. The molecule has 25 heavy (non-hydrogen) atoms. The zero-order chi connectivity index (χ0) is 17.5. The molecular formula is C17H23ClFIN4S. The standard InChI is InChI=1S/C17H22ClFN4S.HI/c1-11(2)15-10-24-16(23-15)9-22-17(20-3)21-7-6-12-4-5-13(19)8-14(12)18;/h4-5,8,10-11H,6-7,9H2,1-3H3,(H2,20,21,22);1H. The van der Waals surface area contributed by atoms with Crippen molar-refractivity contribution in [2.45, 2.75) is 32.7 Å². The lowest BCUT2D eigenvalue weighted by atomic mass is 10.1. The number of rotatable bonds is 6. The van der Waals surface area contributed by atoms with Crippen LogP contribution in [0.1, 0.15) is 36.0 Å². The highest BCUT2D eigenvalue weighted by molar-refractivity contribution is 14.0. The molecule has 138 valence electrons. The number of aromatic nitrogens is 1. The maximum absolute atomic E-state index is 13.0. The van der Waals surface area contributed by atoms with Crippen LogP contribution < -0.4 is 10.6 Å². The van der Waals surface area contributed by atoms with Gasteiger partial charge >= 0.3 is 0 Å². The summed E-state index contributed by atoms with van der Waals surface area (Å²) in [5.41, 5.74) is 2.02. The molecule has 1 heterocycles. The van der Waals surface area contributed by atoms with Crippen molar-refractivity contribution in [1.29, 1.82) is 0 Å². The summed E-state index contributed by atoms with van der Waals surface area (Å²) in [5, 5.41) is 10.0. The van der Waals surface area contributed by atoms with Crippen LogP contribution in [0.2, 0.25) is 5.02 Å². The number of nitrogens with zero attached hydrogens (tertiary/aromatic N) is 2. The van der Waals surface area contributed by atoms with E-state index in [0.717, 1.165) is 16.3 Å². The van der Waals surface area contributed by atoms with Gasteiger partial charge in [-0.3, -0.25) is 4.99 Å². The molecule has 0 aliphatic rings. The van der Waals surface area contributed by atoms with E-state index in [-0.39, 0.29) is 29.8 Å².